The Morgan fingerprint density at radius 1 is 1.25 bits per heavy atom. The Hall–Kier alpha value is -0.120. The Balaban J connectivity index is 2.29. The minimum absolute atomic E-state index is 0.192. The fourth-order valence-corrected chi connectivity index (χ4v) is 2.54. The van der Waals surface area contributed by atoms with Gasteiger partial charge in [-0.25, -0.2) is 0 Å². The van der Waals surface area contributed by atoms with Crippen molar-refractivity contribution >= 4 is 0 Å². The van der Waals surface area contributed by atoms with E-state index in [1.165, 1.54) is 6.42 Å². The number of rotatable bonds is 4. The van der Waals surface area contributed by atoms with E-state index in [2.05, 4.69) is 45.3 Å². The van der Waals surface area contributed by atoms with Crippen LogP contribution >= 0.6 is 0 Å². The summed E-state index contributed by atoms with van der Waals surface area (Å²) in [7, 11) is 0. The fourth-order valence-electron chi connectivity index (χ4n) is 2.54. The van der Waals surface area contributed by atoms with Gasteiger partial charge in [0.2, 0.25) is 0 Å². The van der Waals surface area contributed by atoms with Gasteiger partial charge in [-0.3, -0.25) is 0 Å². The lowest BCUT2D eigenvalue weighted by Crippen LogP contribution is -2.52. The number of hydrogen-bond donors (Lipinski definition) is 2. The summed E-state index contributed by atoms with van der Waals surface area (Å²) in [4.78, 5) is 0. The van der Waals surface area contributed by atoms with Gasteiger partial charge in [-0.15, -0.1) is 0 Å². The van der Waals surface area contributed by atoms with Crippen molar-refractivity contribution in [2.75, 3.05) is 26.3 Å². The van der Waals surface area contributed by atoms with Crippen molar-refractivity contribution in [3.8, 4) is 0 Å². The molecule has 1 saturated heterocycles. The zero-order chi connectivity index (χ0) is 12.2. The molecule has 0 spiro atoms. The van der Waals surface area contributed by atoms with Crippen LogP contribution in [0.3, 0.4) is 0 Å². The fraction of sp³-hybridized carbons (Fsp3) is 1.00. The van der Waals surface area contributed by atoms with Crippen molar-refractivity contribution in [3.05, 3.63) is 0 Å². The standard InChI is InChI=1S/C13H28N2O/c1-12(2,3)10-13(4,5)15-8-11-9-16-7-6-14-11/h11,14-15H,6-10H2,1-5H3. The molecule has 0 radical (unpaired) electrons. The molecular weight excluding hydrogens is 200 g/mol. The van der Waals surface area contributed by atoms with Crippen molar-refractivity contribution in [3.63, 3.8) is 0 Å². The van der Waals surface area contributed by atoms with Crippen LogP contribution in [0.15, 0.2) is 0 Å². The summed E-state index contributed by atoms with van der Waals surface area (Å²) < 4.78 is 5.45. The van der Waals surface area contributed by atoms with Gasteiger partial charge >= 0.3 is 0 Å². The molecule has 1 unspecified atom stereocenters. The molecule has 1 aliphatic heterocycles. The third kappa shape index (κ3) is 5.83. The predicted molar refractivity (Wildman–Crippen MR) is 68.8 cm³/mol. The van der Waals surface area contributed by atoms with E-state index in [0.29, 0.717) is 11.5 Å². The first-order valence-electron chi connectivity index (χ1n) is 6.35. The topological polar surface area (TPSA) is 33.3 Å². The summed E-state index contributed by atoms with van der Waals surface area (Å²) in [5.74, 6) is 0. The Bertz CT molecular complexity index is 202. The van der Waals surface area contributed by atoms with Crippen LogP contribution in [0.25, 0.3) is 0 Å². The van der Waals surface area contributed by atoms with Gasteiger partial charge in [-0.05, 0) is 25.7 Å². The lowest BCUT2D eigenvalue weighted by molar-refractivity contribution is 0.0730. The Morgan fingerprint density at radius 2 is 1.94 bits per heavy atom. The molecule has 0 amide bonds. The van der Waals surface area contributed by atoms with Gasteiger partial charge in [0.15, 0.2) is 0 Å². The van der Waals surface area contributed by atoms with Gasteiger partial charge in [0.1, 0.15) is 0 Å². The van der Waals surface area contributed by atoms with Crippen molar-refractivity contribution in [1.82, 2.24) is 10.6 Å². The maximum absolute atomic E-state index is 5.45. The first-order valence-corrected chi connectivity index (χ1v) is 6.35. The van der Waals surface area contributed by atoms with Crippen LogP contribution < -0.4 is 10.6 Å². The number of ether oxygens (including phenoxy) is 1. The molecule has 0 aromatic rings. The first-order chi connectivity index (χ1) is 7.29. The highest BCUT2D eigenvalue weighted by molar-refractivity contribution is 4.85. The molecular formula is C13H28N2O. The molecule has 1 fully saturated rings. The summed E-state index contributed by atoms with van der Waals surface area (Å²) in [6, 6.07) is 0.466. The molecule has 2 N–H and O–H groups in total. The second-order valence-corrected chi connectivity index (χ2v) is 6.73. The molecule has 0 aliphatic carbocycles. The minimum Gasteiger partial charge on any atom is -0.378 e. The van der Waals surface area contributed by atoms with E-state index in [0.717, 1.165) is 26.3 Å². The smallest absolute Gasteiger partial charge is 0.0632 e. The van der Waals surface area contributed by atoms with Crippen LogP contribution in [-0.2, 0) is 4.74 Å². The van der Waals surface area contributed by atoms with Crippen LogP contribution in [-0.4, -0.2) is 37.9 Å². The van der Waals surface area contributed by atoms with Gasteiger partial charge < -0.3 is 15.4 Å². The van der Waals surface area contributed by atoms with Gasteiger partial charge in [0.25, 0.3) is 0 Å². The van der Waals surface area contributed by atoms with Crippen LogP contribution in [0.4, 0.5) is 0 Å². The van der Waals surface area contributed by atoms with Crippen LogP contribution in [0.5, 0.6) is 0 Å². The van der Waals surface area contributed by atoms with E-state index in [1.807, 2.05) is 0 Å². The predicted octanol–water partition coefficient (Wildman–Crippen LogP) is 1.78. The van der Waals surface area contributed by atoms with E-state index in [4.69, 9.17) is 4.74 Å². The van der Waals surface area contributed by atoms with Crippen LogP contribution in [0, 0.1) is 5.41 Å². The lowest BCUT2D eigenvalue weighted by atomic mass is 9.82. The van der Waals surface area contributed by atoms with E-state index < -0.39 is 0 Å². The molecule has 16 heavy (non-hydrogen) atoms. The summed E-state index contributed by atoms with van der Waals surface area (Å²) in [5, 5.41) is 7.11. The zero-order valence-corrected chi connectivity index (χ0v) is 11.5. The highest BCUT2D eigenvalue weighted by Gasteiger charge is 2.26. The highest BCUT2D eigenvalue weighted by atomic mass is 16.5. The maximum atomic E-state index is 5.45. The minimum atomic E-state index is 0.192. The monoisotopic (exact) mass is 228 g/mol. The normalized spacial score (nSPS) is 23.4. The molecule has 1 atom stereocenters. The van der Waals surface area contributed by atoms with Crippen LogP contribution in [0.2, 0.25) is 0 Å². The maximum Gasteiger partial charge on any atom is 0.0632 e. The van der Waals surface area contributed by atoms with Gasteiger partial charge in [0.05, 0.1) is 13.2 Å². The highest BCUT2D eigenvalue weighted by Crippen LogP contribution is 2.26. The molecule has 3 heteroatoms. The van der Waals surface area contributed by atoms with E-state index in [9.17, 15) is 0 Å². The molecule has 0 aromatic heterocycles. The molecule has 1 rings (SSSR count). The van der Waals surface area contributed by atoms with Gasteiger partial charge in [0, 0.05) is 24.7 Å². The zero-order valence-electron chi connectivity index (χ0n) is 11.5. The number of hydrogen-bond acceptors (Lipinski definition) is 3. The van der Waals surface area contributed by atoms with E-state index in [1.54, 1.807) is 0 Å². The lowest BCUT2D eigenvalue weighted by Gasteiger charge is -2.35. The molecule has 0 bridgehead atoms. The van der Waals surface area contributed by atoms with E-state index in [-0.39, 0.29) is 5.54 Å². The summed E-state index contributed by atoms with van der Waals surface area (Å²) in [5.41, 5.74) is 0.560. The molecule has 96 valence electrons. The van der Waals surface area contributed by atoms with Crippen molar-refractivity contribution < 1.29 is 4.74 Å². The quantitative estimate of drug-likeness (QED) is 0.769. The molecule has 0 aromatic carbocycles. The van der Waals surface area contributed by atoms with Gasteiger partial charge in [-0.1, -0.05) is 20.8 Å². The summed E-state index contributed by atoms with van der Waals surface area (Å²) in [6.07, 6.45) is 1.17. The first kappa shape index (κ1) is 13.9. The van der Waals surface area contributed by atoms with Crippen LogP contribution in [0.1, 0.15) is 41.0 Å². The van der Waals surface area contributed by atoms with Crippen molar-refractivity contribution in [1.29, 1.82) is 0 Å². The Morgan fingerprint density at radius 3 is 2.44 bits per heavy atom. The Kier molecular flexibility index (Phi) is 4.77. The third-order valence-electron chi connectivity index (χ3n) is 2.80. The van der Waals surface area contributed by atoms with E-state index >= 15 is 0 Å². The summed E-state index contributed by atoms with van der Waals surface area (Å²) in [6.45, 7) is 15.1. The average Bonchev–Trinajstić information content (AvgIpc) is 2.13. The molecule has 1 heterocycles. The SMILES string of the molecule is CC(C)(C)CC(C)(C)NCC1COCCN1. The van der Waals surface area contributed by atoms with Crippen molar-refractivity contribution in [2.45, 2.75) is 52.6 Å². The number of morpholine rings is 1. The van der Waals surface area contributed by atoms with Gasteiger partial charge in [-0.2, -0.15) is 0 Å². The molecule has 0 saturated carbocycles. The molecule has 3 nitrogen and oxygen atoms in total. The second kappa shape index (κ2) is 5.48. The molecule has 1 aliphatic rings. The number of nitrogens with one attached hydrogen (secondary N) is 2. The average molecular weight is 228 g/mol. The Labute approximate surface area is 100 Å². The third-order valence-corrected chi connectivity index (χ3v) is 2.80. The second-order valence-electron chi connectivity index (χ2n) is 6.73. The largest absolute Gasteiger partial charge is 0.378 e. The summed E-state index contributed by atoms with van der Waals surface area (Å²) >= 11 is 0. The van der Waals surface area contributed by atoms with Crippen molar-refractivity contribution in [2.24, 2.45) is 5.41 Å².